The van der Waals surface area contributed by atoms with Crippen LogP contribution in [0.1, 0.15) is 5.69 Å². The smallest absolute Gasteiger partial charge is 0.188 e. The molecule has 0 N–H and O–H groups in total. The number of pyridine rings is 1. The van der Waals surface area contributed by atoms with E-state index in [-0.39, 0.29) is 0 Å². The number of aromatic nitrogens is 2. The van der Waals surface area contributed by atoms with Gasteiger partial charge in [-0.3, -0.25) is 4.40 Å². The van der Waals surface area contributed by atoms with Gasteiger partial charge in [-0.05, 0) is 29.8 Å². The van der Waals surface area contributed by atoms with Crippen molar-refractivity contribution in [2.45, 2.75) is 6.92 Å². The van der Waals surface area contributed by atoms with Gasteiger partial charge in [0.2, 0.25) is 0 Å². The maximum atomic E-state index is 7.21. The van der Waals surface area contributed by atoms with Gasteiger partial charge in [0.05, 0.1) is 12.1 Å². The third-order valence-corrected chi connectivity index (χ3v) is 3.75. The number of rotatable bonds is 0. The van der Waals surface area contributed by atoms with Crippen LogP contribution in [0, 0.1) is 13.5 Å². The molecular formula is C17H11N3. The third-order valence-electron chi connectivity index (χ3n) is 3.75. The lowest BCUT2D eigenvalue weighted by Gasteiger charge is -2.09. The van der Waals surface area contributed by atoms with Gasteiger partial charge in [-0.2, -0.15) is 0 Å². The van der Waals surface area contributed by atoms with Crippen molar-refractivity contribution in [2.75, 3.05) is 0 Å². The number of hydrogen-bond acceptors (Lipinski definition) is 1. The molecule has 0 unspecified atom stereocenters. The van der Waals surface area contributed by atoms with Crippen LogP contribution in [0.5, 0.6) is 0 Å². The average Bonchev–Trinajstić information content (AvgIpc) is 2.89. The van der Waals surface area contributed by atoms with Gasteiger partial charge in [0, 0.05) is 17.3 Å². The molecule has 0 bridgehead atoms. The molecule has 0 aliphatic rings. The molecule has 0 saturated carbocycles. The van der Waals surface area contributed by atoms with E-state index >= 15 is 0 Å². The zero-order valence-electron chi connectivity index (χ0n) is 11.0. The molecule has 0 amide bonds. The molecular weight excluding hydrogens is 246 g/mol. The summed E-state index contributed by atoms with van der Waals surface area (Å²) in [7, 11) is 0. The van der Waals surface area contributed by atoms with E-state index in [1.165, 1.54) is 0 Å². The Bertz CT molecular complexity index is 1020. The summed E-state index contributed by atoms with van der Waals surface area (Å²) in [5.41, 5.74) is 3.84. The summed E-state index contributed by atoms with van der Waals surface area (Å²) < 4.78 is 2.16. The molecule has 20 heavy (non-hydrogen) atoms. The minimum Gasteiger partial charge on any atom is -0.297 e. The molecule has 2 aromatic carbocycles. The van der Waals surface area contributed by atoms with Crippen molar-refractivity contribution in [1.82, 2.24) is 9.38 Å². The molecule has 3 heteroatoms. The summed E-state index contributed by atoms with van der Waals surface area (Å²) in [4.78, 5) is 8.08. The Morgan fingerprint density at radius 2 is 1.85 bits per heavy atom. The van der Waals surface area contributed by atoms with E-state index in [1.54, 1.807) is 0 Å². The van der Waals surface area contributed by atoms with Gasteiger partial charge < -0.3 is 0 Å². The monoisotopic (exact) mass is 257 g/mol. The van der Waals surface area contributed by atoms with Gasteiger partial charge in [-0.1, -0.05) is 30.3 Å². The number of benzene rings is 2. The van der Waals surface area contributed by atoms with Crippen LogP contribution in [0.3, 0.4) is 0 Å². The van der Waals surface area contributed by atoms with Gasteiger partial charge in [0.25, 0.3) is 0 Å². The Morgan fingerprint density at radius 3 is 2.65 bits per heavy atom. The van der Waals surface area contributed by atoms with Crippen LogP contribution in [-0.4, -0.2) is 9.38 Å². The first kappa shape index (κ1) is 11.0. The summed E-state index contributed by atoms with van der Waals surface area (Å²) in [5.74, 6) is 0. The first-order valence-electron chi connectivity index (χ1n) is 6.45. The van der Waals surface area contributed by atoms with Crippen LogP contribution in [0.25, 0.3) is 32.2 Å². The van der Waals surface area contributed by atoms with E-state index in [0.29, 0.717) is 5.69 Å². The maximum absolute atomic E-state index is 7.21. The zero-order chi connectivity index (χ0) is 13.7. The molecule has 3 nitrogen and oxygen atoms in total. The van der Waals surface area contributed by atoms with Crippen LogP contribution in [-0.2, 0) is 0 Å². The molecule has 4 rings (SSSR count). The second-order valence-corrected chi connectivity index (χ2v) is 4.92. The van der Waals surface area contributed by atoms with Crippen molar-refractivity contribution in [3.63, 3.8) is 0 Å². The topological polar surface area (TPSA) is 21.7 Å². The van der Waals surface area contributed by atoms with Gasteiger partial charge in [-0.15, -0.1) is 0 Å². The highest BCUT2D eigenvalue weighted by molar-refractivity contribution is 6.12. The molecule has 0 aliphatic carbocycles. The number of aryl methyl sites for hydroxylation is 1. The molecule has 94 valence electrons. The molecule has 2 heterocycles. The third kappa shape index (κ3) is 1.31. The zero-order valence-corrected chi connectivity index (χ0v) is 11.0. The standard InChI is InChI=1S/C17H11N3/c1-11-10-19-17-14-6-4-3-5-13(14)15-9-12(18-2)7-8-16(15)20(11)17/h3-10H,1H3. The van der Waals surface area contributed by atoms with Gasteiger partial charge >= 0.3 is 0 Å². The predicted octanol–water partition coefficient (Wildman–Crippen LogP) is 4.50. The lowest BCUT2D eigenvalue weighted by molar-refractivity contribution is 1.17. The molecule has 0 aliphatic heterocycles. The summed E-state index contributed by atoms with van der Waals surface area (Å²) in [5, 5.41) is 3.36. The second kappa shape index (κ2) is 3.82. The van der Waals surface area contributed by atoms with Crippen LogP contribution in [0.4, 0.5) is 5.69 Å². The summed E-state index contributed by atoms with van der Waals surface area (Å²) in [6.07, 6.45) is 1.89. The minimum atomic E-state index is 0.666. The Kier molecular flexibility index (Phi) is 2.10. The van der Waals surface area contributed by atoms with Gasteiger partial charge in [0.1, 0.15) is 5.65 Å². The largest absolute Gasteiger partial charge is 0.297 e. The summed E-state index contributed by atoms with van der Waals surface area (Å²) >= 11 is 0. The van der Waals surface area contributed by atoms with E-state index in [1.807, 2.05) is 36.5 Å². The second-order valence-electron chi connectivity index (χ2n) is 4.92. The molecule has 0 fully saturated rings. The Labute approximate surface area is 115 Å². The Hall–Kier alpha value is -2.86. The molecule has 2 aromatic heterocycles. The lowest BCUT2D eigenvalue weighted by Crippen LogP contribution is -1.92. The number of nitrogens with zero attached hydrogens (tertiary/aromatic N) is 3. The lowest BCUT2D eigenvalue weighted by atomic mass is 10.1. The van der Waals surface area contributed by atoms with Gasteiger partial charge in [0.15, 0.2) is 5.69 Å². The maximum Gasteiger partial charge on any atom is 0.188 e. The highest BCUT2D eigenvalue weighted by Gasteiger charge is 2.11. The van der Waals surface area contributed by atoms with E-state index < -0.39 is 0 Å². The van der Waals surface area contributed by atoms with Gasteiger partial charge in [-0.25, -0.2) is 9.83 Å². The van der Waals surface area contributed by atoms with Crippen molar-refractivity contribution < 1.29 is 0 Å². The fraction of sp³-hybridized carbons (Fsp3) is 0.0588. The molecule has 0 saturated heterocycles. The quantitative estimate of drug-likeness (QED) is 0.336. The first-order valence-corrected chi connectivity index (χ1v) is 6.45. The van der Waals surface area contributed by atoms with Crippen molar-refractivity contribution in [2.24, 2.45) is 0 Å². The highest BCUT2D eigenvalue weighted by Crippen LogP contribution is 2.32. The normalized spacial score (nSPS) is 11.2. The number of hydrogen-bond donors (Lipinski definition) is 0. The number of fused-ring (bicyclic) bond motifs is 6. The fourth-order valence-electron chi connectivity index (χ4n) is 2.85. The summed E-state index contributed by atoms with van der Waals surface area (Å²) in [6.45, 7) is 9.26. The van der Waals surface area contributed by atoms with E-state index in [9.17, 15) is 0 Å². The SMILES string of the molecule is [C-]#[N+]c1ccc2c(c1)c1ccccc1c1ncc(C)n21. The van der Waals surface area contributed by atoms with E-state index in [2.05, 4.69) is 33.3 Å². The van der Waals surface area contributed by atoms with Crippen LogP contribution < -0.4 is 0 Å². The molecule has 0 radical (unpaired) electrons. The van der Waals surface area contributed by atoms with Crippen LogP contribution in [0.2, 0.25) is 0 Å². The Balaban J connectivity index is 2.40. The van der Waals surface area contributed by atoms with E-state index in [0.717, 1.165) is 33.0 Å². The van der Waals surface area contributed by atoms with Crippen molar-refractivity contribution in [3.8, 4) is 0 Å². The predicted molar refractivity (Wildman–Crippen MR) is 81.2 cm³/mol. The first-order chi connectivity index (χ1) is 9.79. The summed E-state index contributed by atoms with van der Waals surface area (Å²) in [6, 6.07) is 14.1. The minimum absolute atomic E-state index is 0.666. The van der Waals surface area contributed by atoms with Crippen LogP contribution in [0.15, 0.2) is 48.7 Å². The van der Waals surface area contributed by atoms with E-state index in [4.69, 9.17) is 6.57 Å². The molecule has 0 atom stereocenters. The van der Waals surface area contributed by atoms with Crippen molar-refractivity contribution >= 4 is 33.0 Å². The fourth-order valence-corrected chi connectivity index (χ4v) is 2.85. The van der Waals surface area contributed by atoms with Crippen molar-refractivity contribution in [3.05, 3.63) is 65.8 Å². The number of imidazole rings is 1. The van der Waals surface area contributed by atoms with Crippen molar-refractivity contribution in [1.29, 1.82) is 0 Å². The average molecular weight is 257 g/mol. The Morgan fingerprint density at radius 1 is 1.05 bits per heavy atom. The molecule has 0 spiro atoms. The highest BCUT2D eigenvalue weighted by atomic mass is 15.0. The van der Waals surface area contributed by atoms with Crippen LogP contribution >= 0.6 is 0 Å². The molecule has 4 aromatic rings.